The molecule has 196 valence electrons. The van der Waals surface area contributed by atoms with Crippen LogP contribution in [-0.4, -0.2) is 70.6 Å². The van der Waals surface area contributed by atoms with Crippen molar-refractivity contribution in [1.29, 1.82) is 0 Å². The van der Waals surface area contributed by atoms with Gasteiger partial charge < -0.3 is 39.3 Å². The average molecular weight is 568 g/mol. The third kappa shape index (κ3) is 8.06. The van der Waals surface area contributed by atoms with E-state index in [9.17, 15) is 51.6 Å². The number of ether oxygens (including phenoxy) is 2. The Balaban J connectivity index is 2.17. The van der Waals surface area contributed by atoms with E-state index in [1.54, 1.807) is 0 Å². The first kappa shape index (κ1) is 28.8. The van der Waals surface area contributed by atoms with Crippen molar-refractivity contribution in [3.8, 4) is 5.75 Å². The van der Waals surface area contributed by atoms with Gasteiger partial charge in [-0.1, -0.05) is 0 Å². The molecule has 6 unspecified atom stereocenters. The number of aliphatic hydroxyl groups excluding tert-OH is 2. The van der Waals surface area contributed by atoms with Crippen molar-refractivity contribution in [1.82, 2.24) is 9.55 Å². The Morgan fingerprint density at radius 3 is 2.15 bits per heavy atom. The van der Waals surface area contributed by atoms with Crippen molar-refractivity contribution in [2.75, 3.05) is 6.61 Å². The van der Waals surface area contributed by atoms with Gasteiger partial charge in [-0.05, 0) is 0 Å². The predicted molar refractivity (Wildman–Crippen MR) is 93.7 cm³/mol. The van der Waals surface area contributed by atoms with Crippen LogP contribution in [0.5, 0.6) is 5.75 Å². The van der Waals surface area contributed by atoms with Crippen molar-refractivity contribution in [3.05, 3.63) is 27.0 Å². The van der Waals surface area contributed by atoms with Crippen molar-refractivity contribution in [3.63, 3.8) is 0 Å². The molecule has 6 atom stereocenters. The predicted octanol–water partition coefficient (Wildman–Crippen LogP) is -1.60. The van der Waals surface area contributed by atoms with E-state index in [0.717, 1.165) is 0 Å². The molecule has 1 aliphatic heterocycles. The van der Waals surface area contributed by atoms with Crippen LogP contribution < -0.4 is 16.0 Å². The molecule has 0 amide bonds. The number of phosphoric ester groups is 1. The molecule has 0 bridgehead atoms. The van der Waals surface area contributed by atoms with Gasteiger partial charge in [-0.25, -0.2) is 18.5 Å². The second-order valence-electron chi connectivity index (χ2n) is 6.14. The summed E-state index contributed by atoms with van der Waals surface area (Å²) in [6, 6.07) is 0. The van der Waals surface area contributed by atoms with Crippen LogP contribution in [0.1, 0.15) is 6.23 Å². The first-order valence-corrected chi connectivity index (χ1v) is 12.6. The molecule has 7 N–H and O–H groups in total. The van der Waals surface area contributed by atoms with Gasteiger partial charge >= 0.3 is 35.5 Å². The summed E-state index contributed by atoms with van der Waals surface area (Å²) in [7, 11) is -17.2. The lowest BCUT2D eigenvalue weighted by Crippen LogP contribution is -2.38. The second-order valence-corrected chi connectivity index (χ2v) is 10.6. The molecule has 24 heteroatoms. The number of aliphatic hydroxyl groups is 2. The molecule has 1 aromatic rings. The second kappa shape index (κ2) is 9.90. The fourth-order valence-electron chi connectivity index (χ4n) is 2.42. The largest absolute Gasteiger partial charge is 0.573 e. The van der Waals surface area contributed by atoms with Gasteiger partial charge in [0.1, 0.15) is 18.3 Å². The van der Waals surface area contributed by atoms with Gasteiger partial charge in [0.2, 0.25) is 5.75 Å². The van der Waals surface area contributed by atoms with Crippen LogP contribution in [0.15, 0.2) is 15.8 Å². The van der Waals surface area contributed by atoms with Crippen LogP contribution in [0.2, 0.25) is 0 Å². The molecule has 18 nitrogen and oxygen atoms in total. The molecule has 0 aliphatic carbocycles. The molecule has 0 aromatic carbocycles. The highest BCUT2D eigenvalue weighted by atomic mass is 31.3. The normalized spacial score (nSPS) is 27.2. The first-order valence-electron chi connectivity index (χ1n) is 8.11. The molecule has 1 fully saturated rings. The minimum absolute atomic E-state index is 0.182. The van der Waals surface area contributed by atoms with Gasteiger partial charge in [-0.2, -0.15) is 8.62 Å². The van der Waals surface area contributed by atoms with Crippen LogP contribution in [0.25, 0.3) is 0 Å². The summed E-state index contributed by atoms with van der Waals surface area (Å²) >= 11 is 0. The fraction of sp³-hybridized carbons (Fsp3) is 0.600. The van der Waals surface area contributed by atoms with Crippen molar-refractivity contribution >= 4 is 23.5 Å². The first-order chi connectivity index (χ1) is 15.2. The number of hydrogen-bond acceptors (Lipinski definition) is 12. The Hall–Kier alpha value is -1.44. The number of aromatic amines is 1. The summed E-state index contributed by atoms with van der Waals surface area (Å²) in [5, 5.41) is 20.0. The number of phosphoric acid groups is 3. The molecule has 0 saturated carbocycles. The van der Waals surface area contributed by atoms with Gasteiger partial charge in [0.15, 0.2) is 6.23 Å². The maximum atomic E-state index is 12.4. The quantitative estimate of drug-likeness (QED) is 0.165. The minimum atomic E-state index is -5.86. The maximum absolute atomic E-state index is 12.4. The van der Waals surface area contributed by atoms with Gasteiger partial charge in [0, 0.05) is 0 Å². The zero-order valence-electron chi connectivity index (χ0n) is 15.8. The number of hydrogen-bond donors (Lipinski definition) is 7. The molecule has 2 rings (SSSR count). The highest BCUT2D eigenvalue weighted by Crippen LogP contribution is 2.66. The number of H-pyrrole nitrogens is 1. The standard InChI is InChI=1S/C10H14F3N2O16P3/c11-10(12,13)29-3-1-15(9(19)14-7(3)18)8-6(17)5(16)4(28-8)2-27-33(23,24)31-34(25,26)30-32(20,21)22/h1,4-6,8,16-17H,2H2,(H,23,24)(H,25,26)(H,14,18,19)(H2,20,21,22). The van der Waals surface area contributed by atoms with E-state index in [4.69, 9.17) is 19.4 Å². The zero-order chi connectivity index (χ0) is 26.3. The number of aromatic nitrogens is 2. The number of nitrogens with one attached hydrogen (secondary N) is 1. The van der Waals surface area contributed by atoms with Gasteiger partial charge in [-0.15, -0.1) is 13.2 Å². The van der Waals surface area contributed by atoms with E-state index in [1.165, 1.54) is 4.98 Å². The lowest BCUT2D eigenvalue weighted by molar-refractivity contribution is -0.275. The Morgan fingerprint density at radius 2 is 1.62 bits per heavy atom. The highest BCUT2D eigenvalue weighted by molar-refractivity contribution is 7.66. The molecule has 2 heterocycles. The SMILES string of the molecule is O=c1[nH]c(=O)n(C2OC(COP(=O)(O)OP(=O)(O)OP(=O)(O)O)C(O)C2O)cc1OC(F)(F)F. The lowest BCUT2D eigenvalue weighted by Gasteiger charge is -2.19. The van der Waals surface area contributed by atoms with Gasteiger partial charge in [0.25, 0.3) is 5.56 Å². The lowest BCUT2D eigenvalue weighted by atomic mass is 10.1. The minimum Gasteiger partial charge on any atom is -0.398 e. The van der Waals surface area contributed by atoms with Gasteiger partial charge in [-0.3, -0.25) is 18.9 Å². The van der Waals surface area contributed by atoms with Crippen LogP contribution >= 0.6 is 23.5 Å². The van der Waals surface area contributed by atoms with Crippen LogP contribution in [0, 0.1) is 0 Å². The van der Waals surface area contributed by atoms with Crippen molar-refractivity contribution in [2.24, 2.45) is 0 Å². The molecule has 1 aromatic heterocycles. The average Bonchev–Trinajstić information content (AvgIpc) is 2.86. The number of halogens is 3. The van der Waals surface area contributed by atoms with E-state index < -0.39 is 78.0 Å². The van der Waals surface area contributed by atoms with Crippen LogP contribution in [-0.2, 0) is 31.6 Å². The summed E-state index contributed by atoms with van der Waals surface area (Å²) in [5.41, 5.74) is -3.03. The number of rotatable bonds is 9. The van der Waals surface area contributed by atoms with E-state index in [0.29, 0.717) is 0 Å². The molecule has 34 heavy (non-hydrogen) atoms. The fourth-order valence-corrected chi connectivity index (χ4v) is 5.45. The van der Waals surface area contributed by atoms with E-state index >= 15 is 0 Å². The molecule has 1 aliphatic rings. The molecular weight excluding hydrogens is 554 g/mol. The third-order valence-corrected chi connectivity index (χ3v) is 7.39. The van der Waals surface area contributed by atoms with Crippen LogP contribution in [0.4, 0.5) is 13.2 Å². The number of alkyl halides is 3. The number of nitrogens with zero attached hydrogens (tertiary/aromatic N) is 1. The molecular formula is C10H14F3N2O16P3. The molecule has 0 spiro atoms. The highest BCUT2D eigenvalue weighted by Gasteiger charge is 2.47. The van der Waals surface area contributed by atoms with Crippen molar-refractivity contribution in [2.45, 2.75) is 30.9 Å². The summed E-state index contributed by atoms with van der Waals surface area (Å²) in [4.78, 5) is 60.1. The summed E-state index contributed by atoms with van der Waals surface area (Å²) in [5.74, 6) is -1.45. The maximum Gasteiger partial charge on any atom is 0.573 e. The Kier molecular flexibility index (Phi) is 8.39. The summed E-state index contributed by atoms with van der Waals surface area (Å²) in [6.07, 6.45) is -13.2. The Bertz CT molecular complexity index is 1160. The Labute approximate surface area is 183 Å². The summed E-state index contributed by atoms with van der Waals surface area (Å²) in [6.45, 7) is -1.26. The Morgan fingerprint density at radius 1 is 1.03 bits per heavy atom. The smallest absolute Gasteiger partial charge is 0.398 e. The van der Waals surface area contributed by atoms with E-state index in [1.807, 2.05) is 0 Å². The van der Waals surface area contributed by atoms with Gasteiger partial charge in [0.05, 0.1) is 12.8 Å². The van der Waals surface area contributed by atoms with E-state index in [2.05, 4.69) is 17.9 Å². The monoisotopic (exact) mass is 568 g/mol. The summed E-state index contributed by atoms with van der Waals surface area (Å²) < 4.78 is 90.5. The third-order valence-electron chi connectivity index (χ3n) is 3.59. The molecule has 1 saturated heterocycles. The zero-order valence-corrected chi connectivity index (χ0v) is 18.5. The van der Waals surface area contributed by atoms with Crippen molar-refractivity contribution < 1.29 is 79.3 Å². The van der Waals surface area contributed by atoms with E-state index in [-0.39, 0.29) is 10.8 Å². The molecule has 0 radical (unpaired) electrons. The van der Waals surface area contributed by atoms with Crippen LogP contribution in [0.3, 0.4) is 0 Å². The topological polar surface area (TPSA) is 274 Å².